The summed E-state index contributed by atoms with van der Waals surface area (Å²) < 4.78 is 34.3. The molecule has 0 atom stereocenters. The Bertz CT molecular complexity index is 947. The van der Waals surface area contributed by atoms with Gasteiger partial charge in [-0.05, 0) is 48.4 Å². The normalized spacial score (nSPS) is 11.8. The standard InChI is InChI=1S/C17H19N3O3S/c1-20-12-13(16-4-3-10-18-17(16)20)9-11-19-24(21,22)15-7-5-14(23-2)6-8-15/h3-8,10,12,19H,9,11H2,1-2H3. The zero-order valence-electron chi connectivity index (χ0n) is 13.6. The third-order valence-corrected chi connectivity index (χ3v) is 5.35. The van der Waals surface area contributed by atoms with E-state index in [1.807, 2.05) is 29.9 Å². The Hall–Kier alpha value is -2.38. The lowest BCUT2D eigenvalue weighted by molar-refractivity contribution is 0.414. The second kappa shape index (κ2) is 6.62. The Morgan fingerprint density at radius 3 is 2.67 bits per heavy atom. The van der Waals surface area contributed by atoms with E-state index in [0.29, 0.717) is 18.7 Å². The summed E-state index contributed by atoms with van der Waals surface area (Å²) in [5.74, 6) is 0.622. The van der Waals surface area contributed by atoms with E-state index >= 15 is 0 Å². The molecule has 0 spiro atoms. The predicted octanol–water partition coefficient (Wildman–Crippen LogP) is 2.10. The van der Waals surface area contributed by atoms with Gasteiger partial charge in [-0.15, -0.1) is 0 Å². The van der Waals surface area contributed by atoms with Crippen molar-refractivity contribution in [2.75, 3.05) is 13.7 Å². The molecule has 0 aliphatic heterocycles. The zero-order chi connectivity index (χ0) is 17.2. The molecular weight excluding hydrogens is 326 g/mol. The zero-order valence-corrected chi connectivity index (χ0v) is 14.4. The maximum atomic E-state index is 12.3. The SMILES string of the molecule is COc1ccc(S(=O)(=O)NCCc2cn(C)c3ncccc23)cc1. The molecule has 0 aliphatic carbocycles. The highest BCUT2D eigenvalue weighted by Gasteiger charge is 2.14. The highest BCUT2D eigenvalue weighted by atomic mass is 32.2. The third-order valence-electron chi connectivity index (χ3n) is 3.87. The van der Waals surface area contributed by atoms with E-state index in [0.717, 1.165) is 16.6 Å². The number of hydrogen-bond acceptors (Lipinski definition) is 4. The highest BCUT2D eigenvalue weighted by Crippen LogP contribution is 2.19. The lowest BCUT2D eigenvalue weighted by Gasteiger charge is -2.07. The van der Waals surface area contributed by atoms with Crippen molar-refractivity contribution >= 4 is 21.1 Å². The molecule has 6 nitrogen and oxygen atoms in total. The summed E-state index contributed by atoms with van der Waals surface area (Å²) in [5.41, 5.74) is 1.96. The molecule has 0 saturated heterocycles. The van der Waals surface area contributed by atoms with Crippen LogP contribution in [0.4, 0.5) is 0 Å². The number of nitrogens with one attached hydrogen (secondary N) is 1. The van der Waals surface area contributed by atoms with Crippen molar-refractivity contribution in [3.05, 3.63) is 54.4 Å². The number of hydrogen-bond donors (Lipinski definition) is 1. The molecule has 1 aromatic carbocycles. The number of methoxy groups -OCH3 is 1. The first kappa shape index (κ1) is 16.5. The molecule has 7 heteroatoms. The maximum Gasteiger partial charge on any atom is 0.240 e. The van der Waals surface area contributed by atoms with Gasteiger partial charge >= 0.3 is 0 Å². The van der Waals surface area contributed by atoms with Crippen LogP contribution in [0.15, 0.2) is 53.7 Å². The van der Waals surface area contributed by atoms with Crippen LogP contribution < -0.4 is 9.46 Å². The second-order valence-electron chi connectivity index (χ2n) is 5.46. The summed E-state index contributed by atoms with van der Waals surface area (Å²) in [7, 11) is -0.0565. The first-order valence-corrected chi connectivity index (χ1v) is 9.02. The van der Waals surface area contributed by atoms with Crippen molar-refractivity contribution in [2.24, 2.45) is 7.05 Å². The molecule has 126 valence electrons. The molecule has 0 radical (unpaired) electrons. The van der Waals surface area contributed by atoms with E-state index in [4.69, 9.17) is 4.74 Å². The highest BCUT2D eigenvalue weighted by molar-refractivity contribution is 7.89. The van der Waals surface area contributed by atoms with Gasteiger partial charge in [-0.3, -0.25) is 0 Å². The molecule has 0 bridgehead atoms. The third kappa shape index (κ3) is 3.27. The van der Waals surface area contributed by atoms with Gasteiger partial charge in [-0.1, -0.05) is 0 Å². The monoisotopic (exact) mass is 345 g/mol. The Labute approximate surface area is 141 Å². The Balaban J connectivity index is 1.70. The van der Waals surface area contributed by atoms with Gasteiger partial charge in [-0.25, -0.2) is 18.1 Å². The predicted molar refractivity (Wildman–Crippen MR) is 92.6 cm³/mol. The van der Waals surface area contributed by atoms with Crippen LogP contribution in [-0.4, -0.2) is 31.6 Å². The van der Waals surface area contributed by atoms with Gasteiger partial charge in [-0.2, -0.15) is 0 Å². The van der Waals surface area contributed by atoms with E-state index < -0.39 is 10.0 Å². The fraction of sp³-hybridized carbons (Fsp3) is 0.235. The molecule has 2 aromatic heterocycles. The Morgan fingerprint density at radius 1 is 1.21 bits per heavy atom. The first-order valence-electron chi connectivity index (χ1n) is 7.54. The average molecular weight is 345 g/mol. The molecule has 0 fully saturated rings. The Kier molecular flexibility index (Phi) is 4.55. The smallest absolute Gasteiger partial charge is 0.240 e. The molecule has 3 rings (SSSR count). The first-order chi connectivity index (χ1) is 11.5. The van der Waals surface area contributed by atoms with Crippen LogP contribution >= 0.6 is 0 Å². The van der Waals surface area contributed by atoms with Gasteiger partial charge in [0.2, 0.25) is 10.0 Å². The molecule has 24 heavy (non-hydrogen) atoms. The van der Waals surface area contributed by atoms with E-state index in [-0.39, 0.29) is 4.90 Å². The van der Waals surface area contributed by atoms with Gasteiger partial charge in [0.1, 0.15) is 11.4 Å². The van der Waals surface area contributed by atoms with Gasteiger partial charge in [0.15, 0.2) is 0 Å². The van der Waals surface area contributed by atoms with Crippen LogP contribution in [0.5, 0.6) is 5.75 Å². The minimum Gasteiger partial charge on any atom is -0.497 e. The number of sulfonamides is 1. The second-order valence-corrected chi connectivity index (χ2v) is 7.23. The molecule has 0 saturated carbocycles. The topological polar surface area (TPSA) is 73.2 Å². The van der Waals surface area contributed by atoms with Crippen molar-refractivity contribution in [1.29, 1.82) is 0 Å². The van der Waals surface area contributed by atoms with Crippen LogP contribution in [0.3, 0.4) is 0 Å². The molecule has 2 heterocycles. The minimum absolute atomic E-state index is 0.225. The van der Waals surface area contributed by atoms with E-state index in [2.05, 4.69) is 9.71 Å². The largest absolute Gasteiger partial charge is 0.497 e. The minimum atomic E-state index is -3.53. The molecule has 0 aliphatic rings. The number of aryl methyl sites for hydroxylation is 1. The van der Waals surface area contributed by atoms with Crippen LogP contribution in [0.1, 0.15) is 5.56 Å². The van der Waals surface area contributed by atoms with Gasteiger partial charge in [0, 0.05) is 31.4 Å². The molecule has 0 amide bonds. The van der Waals surface area contributed by atoms with Crippen LogP contribution in [0, 0.1) is 0 Å². The number of pyridine rings is 1. The van der Waals surface area contributed by atoms with Gasteiger partial charge in [0.25, 0.3) is 0 Å². The summed E-state index contributed by atoms with van der Waals surface area (Å²) >= 11 is 0. The molecular formula is C17H19N3O3S. The summed E-state index contributed by atoms with van der Waals surface area (Å²) in [4.78, 5) is 4.56. The lowest BCUT2D eigenvalue weighted by Crippen LogP contribution is -2.25. The number of rotatable bonds is 6. The lowest BCUT2D eigenvalue weighted by atomic mass is 10.2. The summed E-state index contributed by atoms with van der Waals surface area (Å²) in [6.07, 6.45) is 4.33. The molecule has 3 aromatic rings. The van der Waals surface area contributed by atoms with Crippen molar-refractivity contribution in [2.45, 2.75) is 11.3 Å². The molecule has 0 unspecified atom stereocenters. The van der Waals surface area contributed by atoms with Crippen LogP contribution in [0.25, 0.3) is 11.0 Å². The van der Waals surface area contributed by atoms with Crippen molar-refractivity contribution in [3.63, 3.8) is 0 Å². The average Bonchev–Trinajstić information content (AvgIpc) is 2.91. The Morgan fingerprint density at radius 2 is 1.96 bits per heavy atom. The number of nitrogens with zero attached hydrogens (tertiary/aromatic N) is 2. The summed E-state index contributed by atoms with van der Waals surface area (Å²) in [6, 6.07) is 10.2. The summed E-state index contributed by atoms with van der Waals surface area (Å²) in [5, 5.41) is 1.05. The van der Waals surface area contributed by atoms with E-state index in [9.17, 15) is 8.42 Å². The van der Waals surface area contributed by atoms with Crippen molar-refractivity contribution < 1.29 is 13.2 Å². The summed E-state index contributed by atoms with van der Waals surface area (Å²) in [6.45, 7) is 0.322. The van der Waals surface area contributed by atoms with Crippen molar-refractivity contribution in [1.82, 2.24) is 14.3 Å². The number of ether oxygens (including phenoxy) is 1. The van der Waals surface area contributed by atoms with E-state index in [1.165, 1.54) is 12.1 Å². The van der Waals surface area contributed by atoms with Gasteiger partial charge < -0.3 is 9.30 Å². The van der Waals surface area contributed by atoms with Crippen LogP contribution in [-0.2, 0) is 23.5 Å². The van der Waals surface area contributed by atoms with Crippen LogP contribution in [0.2, 0.25) is 0 Å². The fourth-order valence-electron chi connectivity index (χ4n) is 2.65. The quantitative estimate of drug-likeness (QED) is 0.742. The van der Waals surface area contributed by atoms with Gasteiger partial charge in [0.05, 0.1) is 12.0 Å². The number of aromatic nitrogens is 2. The fourth-order valence-corrected chi connectivity index (χ4v) is 3.68. The maximum absolute atomic E-state index is 12.3. The van der Waals surface area contributed by atoms with E-state index in [1.54, 1.807) is 25.4 Å². The molecule has 1 N–H and O–H groups in total. The van der Waals surface area contributed by atoms with Crippen molar-refractivity contribution in [3.8, 4) is 5.75 Å². The number of fused-ring (bicyclic) bond motifs is 1. The number of benzene rings is 1.